The zero-order valence-corrected chi connectivity index (χ0v) is 12.7. The van der Waals surface area contributed by atoms with Crippen LogP contribution in [0.15, 0.2) is 24.3 Å². The van der Waals surface area contributed by atoms with Crippen molar-refractivity contribution in [2.45, 2.75) is 25.1 Å². The van der Waals surface area contributed by atoms with E-state index < -0.39 is 34.3 Å². The molecule has 3 N–H and O–H groups in total. The molecule has 0 spiro atoms. The van der Waals surface area contributed by atoms with Gasteiger partial charge in [0.1, 0.15) is 6.04 Å². The molecule has 0 aromatic heterocycles. The minimum Gasteiger partial charge on any atom is -0.392 e. The number of amides is 3. The number of rotatable bonds is 3. The van der Waals surface area contributed by atoms with Crippen molar-refractivity contribution in [3.8, 4) is 0 Å². The van der Waals surface area contributed by atoms with Gasteiger partial charge in [0.2, 0.25) is 0 Å². The maximum atomic E-state index is 12.3. The normalized spacial score (nSPS) is 23.5. The minimum absolute atomic E-state index is 0.167. The van der Waals surface area contributed by atoms with Crippen LogP contribution in [0.3, 0.4) is 0 Å². The second-order valence-corrected chi connectivity index (χ2v) is 6.68. The first kappa shape index (κ1) is 15.7. The molecule has 124 valence electrons. The molecule has 1 aromatic rings. The Bertz CT molecular complexity index is 765. The Morgan fingerprint density at radius 3 is 2.78 bits per heavy atom. The zero-order valence-electron chi connectivity index (χ0n) is 11.9. The monoisotopic (exact) mass is 341 g/mol. The smallest absolute Gasteiger partial charge is 0.362 e. The molecule has 3 rings (SSSR count). The van der Waals surface area contributed by atoms with Crippen molar-refractivity contribution in [3.63, 3.8) is 0 Å². The number of anilines is 1. The number of hydrogen-bond acceptors (Lipinski definition) is 5. The Balaban J connectivity index is 1.72. The number of nitrogens with one attached hydrogen (secondary N) is 1. The average molecular weight is 341 g/mol. The standard InChI is InChI=1S/C13H15N3O6S/c17-7-8-2-1-3-9(6-8)14-13(19)15-5-4-10-11(15)12(18)16(10)23(20,21)22/h1-3,6,10-11,17H,4-5,7H2,(H,14,19)(H,20,21,22)/t10-,11+/m1/s1. The quantitative estimate of drug-likeness (QED) is 0.516. The Morgan fingerprint density at radius 1 is 1.39 bits per heavy atom. The van der Waals surface area contributed by atoms with E-state index in [0.29, 0.717) is 15.6 Å². The highest BCUT2D eigenvalue weighted by Crippen LogP contribution is 2.35. The zero-order chi connectivity index (χ0) is 16.8. The predicted octanol–water partition coefficient (Wildman–Crippen LogP) is -0.201. The van der Waals surface area contributed by atoms with Crippen molar-refractivity contribution in [3.05, 3.63) is 29.8 Å². The van der Waals surface area contributed by atoms with Crippen molar-refractivity contribution >= 4 is 27.9 Å². The van der Waals surface area contributed by atoms with Crippen molar-refractivity contribution < 1.29 is 27.7 Å². The lowest BCUT2D eigenvalue weighted by molar-refractivity contribution is -0.143. The van der Waals surface area contributed by atoms with E-state index >= 15 is 0 Å². The lowest BCUT2D eigenvalue weighted by atomic mass is 10.0. The van der Waals surface area contributed by atoms with Crippen LogP contribution in [-0.4, -0.2) is 57.8 Å². The van der Waals surface area contributed by atoms with Gasteiger partial charge in [-0.05, 0) is 24.1 Å². The molecule has 2 saturated heterocycles. The summed E-state index contributed by atoms with van der Waals surface area (Å²) in [7, 11) is -4.59. The van der Waals surface area contributed by atoms with Crippen LogP contribution in [0.4, 0.5) is 10.5 Å². The molecule has 9 nitrogen and oxygen atoms in total. The fourth-order valence-corrected chi connectivity index (χ4v) is 3.88. The second kappa shape index (κ2) is 5.48. The lowest BCUT2D eigenvalue weighted by Crippen LogP contribution is -2.68. The first-order valence-corrected chi connectivity index (χ1v) is 8.30. The fraction of sp³-hybridized carbons (Fsp3) is 0.385. The Labute approximate surface area is 132 Å². The molecule has 2 atom stereocenters. The predicted molar refractivity (Wildman–Crippen MR) is 78.7 cm³/mol. The van der Waals surface area contributed by atoms with Gasteiger partial charge in [-0.1, -0.05) is 12.1 Å². The number of urea groups is 1. The minimum atomic E-state index is -4.59. The second-order valence-electron chi connectivity index (χ2n) is 5.39. The number of hydrogen-bond donors (Lipinski definition) is 3. The summed E-state index contributed by atoms with van der Waals surface area (Å²) in [5.74, 6) is -0.811. The van der Waals surface area contributed by atoms with Crippen molar-refractivity contribution in [2.24, 2.45) is 0 Å². The number of likely N-dealkylation sites (tertiary alicyclic amines) is 1. The third-order valence-corrected chi connectivity index (χ3v) is 4.96. The summed E-state index contributed by atoms with van der Waals surface area (Å²) >= 11 is 0. The van der Waals surface area contributed by atoms with Crippen LogP contribution < -0.4 is 5.32 Å². The maximum absolute atomic E-state index is 12.3. The molecule has 2 aliphatic heterocycles. The lowest BCUT2D eigenvalue weighted by Gasteiger charge is -2.42. The molecule has 0 saturated carbocycles. The maximum Gasteiger partial charge on any atom is 0.362 e. The number of β-lactam (4-membered cyclic amide) rings is 1. The van der Waals surface area contributed by atoms with Gasteiger partial charge in [-0.25, -0.2) is 9.10 Å². The van der Waals surface area contributed by atoms with E-state index in [4.69, 9.17) is 9.66 Å². The number of aliphatic hydroxyl groups excluding tert-OH is 1. The fourth-order valence-electron chi connectivity index (χ4n) is 2.99. The Kier molecular flexibility index (Phi) is 3.74. The van der Waals surface area contributed by atoms with Gasteiger partial charge in [0.15, 0.2) is 0 Å². The molecular weight excluding hydrogens is 326 g/mol. The van der Waals surface area contributed by atoms with Crippen LogP contribution in [0.1, 0.15) is 12.0 Å². The Morgan fingerprint density at radius 2 is 2.13 bits per heavy atom. The summed E-state index contributed by atoms with van der Waals surface area (Å²) in [6.45, 7) is 0.0402. The Hall–Kier alpha value is -2.17. The number of carbonyl (C=O) groups excluding carboxylic acids is 2. The SMILES string of the molecule is O=C(Nc1cccc(CO)c1)N1CC[C@@H]2[C@H]1C(=O)N2S(=O)(=O)O. The highest BCUT2D eigenvalue weighted by molar-refractivity contribution is 7.84. The van der Waals surface area contributed by atoms with Gasteiger partial charge in [-0.2, -0.15) is 8.42 Å². The molecule has 0 bridgehead atoms. The summed E-state index contributed by atoms with van der Waals surface area (Å²) < 4.78 is 31.7. The van der Waals surface area contributed by atoms with Crippen molar-refractivity contribution in [1.82, 2.24) is 9.21 Å². The number of nitrogens with zero attached hydrogens (tertiary/aromatic N) is 2. The van der Waals surface area contributed by atoms with Gasteiger partial charge in [0.25, 0.3) is 5.91 Å². The molecule has 0 unspecified atom stereocenters. The van der Waals surface area contributed by atoms with Crippen LogP contribution in [0.5, 0.6) is 0 Å². The number of benzene rings is 1. The van der Waals surface area contributed by atoms with E-state index in [1.807, 2.05) is 0 Å². The first-order valence-electron chi connectivity index (χ1n) is 6.91. The summed E-state index contributed by atoms with van der Waals surface area (Å²) in [6, 6.07) is 4.47. The topological polar surface area (TPSA) is 127 Å². The van der Waals surface area contributed by atoms with Crippen LogP contribution in [0.2, 0.25) is 0 Å². The van der Waals surface area contributed by atoms with Crippen LogP contribution in [-0.2, 0) is 21.7 Å². The summed E-state index contributed by atoms with van der Waals surface area (Å²) in [4.78, 5) is 25.4. The number of carbonyl (C=O) groups is 2. The average Bonchev–Trinajstić information content (AvgIpc) is 2.84. The molecule has 3 amide bonds. The summed E-state index contributed by atoms with van der Waals surface area (Å²) in [6.07, 6.45) is 0.278. The first-order chi connectivity index (χ1) is 10.8. The summed E-state index contributed by atoms with van der Waals surface area (Å²) in [5.41, 5.74) is 1.09. The molecule has 0 aliphatic carbocycles. The van der Waals surface area contributed by atoms with Gasteiger partial charge in [0.05, 0.1) is 12.6 Å². The van der Waals surface area contributed by atoms with Gasteiger partial charge in [-0.3, -0.25) is 9.35 Å². The number of aliphatic hydroxyl groups is 1. The van der Waals surface area contributed by atoms with E-state index in [1.54, 1.807) is 24.3 Å². The third-order valence-electron chi connectivity index (χ3n) is 4.01. The highest BCUT2D eigenvalue weighted by Gasteiger charge is 2.60. The number of fused-ring (bicyclic) bond motifs is 1. The van der Waals surface area contributed by atoms with E-state index in [-0.39, 0.29) is 19.6 Å². The molecular formula is C13H15N3O6S. The molecule has 2 aliphatic rings. The molecule has 1 aromatic carbocycles. The van der Waals surface area contributed by atoms with Crippen LogP contribution in [0, 0.1) is 0 Å². The van der Waals surface area contributed by atoms with Gasteiger partial charge < -0.3 is 15.3 Å². The molecule has 2 fully saturated rings. The molecule has 0 radical (unpaired) electrons. The van der Waals surface area contributed by atoms with E-state index in [1.165, 1.54) is 4.90 Å². The van der Waals surface area contributed by atoms with E-state index in [2.05, 4.69) is 5.32 Å². The van der Waals surface area contributed by atoms with E-state index in [9.17, 15) is 18.0 Å². The van der Waals surface area contributed by atoms with Crippen molar-refractivity contribution in [1.29, 1.82) is 0 Å². The summed E-state index contributed by atoms with van der Waals surface area (Å²) in [5, 5.41) is 11.7. The van der Waals surface area contributed by atoms with Gasteiger partial charge in [0, 0.05) is 12.2 Å². The van der Waals surface area contributed by atoms with Crippen LogP contribution >= 0.6 is 0 Å². The van der Waals surface area contributed by atoms with Crippen molar-refractivity contribution in [2.75, 3.05) is 11.9 Å². The third kappa shape index (κ3) is 2.64. The van der Waals surface area contributed by atoms with E-state index in [0.717, 1.165) is 0 Å². The molecule has 2 heterocycles. The largest absolute Gasteiger partial charge is 0.392 e. The highest BCUT2D eigenvalue weighted by atomic mass is 32.2. The molecule has 10 heteroatoms. The molecule has 23 heavy (non-hydrogen) atoms. The van der Waals surface area contributed by atoms with Crippen LogP contribution in [0.25, 0.3) is 0 Å². The van der Waals surface area contributed by atoms with Gasteiger partial charge >= 0.3 is 16.3 Å². The van der Waals surface area contributed by atoms with Gasteiger partial charge in [-0.15, -0.1) is 0 Å².